The van der Waals surface area contributed by atoms with E-state index in [4.69, 9.17) is 0 Å². The molecule has 0 bridgehead atoms. The molecule has 5 nitrogen and oxygen atoms in total. The van der Waals surface area contributed by atoms with Crippen LogP contribution in [0.2, 0.25) is 0 Å². The van der Waals surface area contributed by atoms with E-state index in [0.29, 0.717) is 13.0 Å². The minimum absolute atomic E-state index is 0.427. The summed E-state index contributed by atoms with van der Waals surface area (Å²) >= 11 is 0. The van der Waals surface area contributed by atoms with E-state index in [9.17, 15) is 14.9 Å². The highest BCUT2D eigenvalue weighted by Gasteiger charge is 2.07. The van der Waals surface area contributed by atoms with Gasteiger partial charge >= 0.3 is 0 Å². The van der Waals surface area contributed by atoms with Crippen LogP contribution in [0.25, 0.3) is 0 Å². The molecular formula is C10H12N2O3. The van der Waals surface area contributed by atoms with Crippen LogP contribution in [0.15, 0.2) is 30.3 Å². The summed E-state index contributed by atoms with van der Waals surface area (Å²) in [6, 6.07) is 9.62. The van der Waals surface area contributed by atoms with Crippen LogP contribution in [0.1, 0.15) is 5.56 Å². The van der Waals surface area contributed by atoms with Crippen molar-refractivity contribution >= 4 is 5.91 Å². The van der Waals surface area contributed by atoms with E-state index in [2.05, 4.69) is 5.32 Å². The molecule has 0 saturated heterocycles. The van der Waals surface area contributed by atoms with Crippen LogP contribution < -0.4 is 5.32 Å². The van der Waals surface area contributed by atoms with Gasteiger partial charge in [-0.05, 0) is 12.0 Å². The van der Waals surface area contributed by atoms with Gasteiger partial charge in [-0.2, -0.15) is 0 Å². The number of nitrogens with one attached hydrogen (secondary N) is 1. The van der Waals surface area contributed by atoms with E-state index in [-0.39, 0.29) is 0 Å². The van der Waals surface area contributed by atoms with E-state index in [0.717, 1.165) is 5.56 Å². The lowest BCUT2D eigenvalue weighted by molar-refractivity contribution is -0.467. The third-order valence-electron chi connectivity index (χ3n) is 1.85. The third kappa shape index (κ3) is 4.75. The van der Waals surface area contributed by atoms with E-state index >= 15 is 0 Å². The quantitative estimate of drug-likeness (QED) is 0.569. The first-order chi connectivity index (χ1) is 7.18. The lowest BCUT2D eigenvalue weighted by Gasteiger charge is -2.02. The molecule has 0 radical (unpaired) electrons. The van der Waals surface area contributed by atoms with Gasteiger partial charge in [0.2, 0.25) is 0 Å². The Balaban J connectivity index is 2.22. The highest BCUT2D eigenvalue weighted by atomic mass is 16.6. The number of nitro groups is 1. The molecule has 0 atom stereocenters. The Morgan fingerprint density at radius 3 is 2.60 bits per heavy atom. The van der Waals surface area contributed by atoms with Crippen LogP contribution in [-0.2, 0) is 11.2 Å². The van der Waals surface area contributed by atoms with Crippen molar-refractivity contribution < 1.29 is 9.72 Å². The number of carbonyl (C=O) groups excluding carboxylic acids is 1. The first-order valence-corrected chi connectivity index (χ1v) is 4.61. The topological polar surface area (TPSA) is 72.2 Å². The molecular weight excluding hydrogens is 196 g/mol. The van der Waals surface area contributed by atoms with E-state index < -0.39 is 17.4 Å². The molecule has 0 fully saturated rings. The van der Waals surface area contributed by atoms with Gasteiger partial charge in [-0.15, -0.1) is 0 Å². The van der Waals surface area contributed by atoms with Crippen LogP contribution in [0.4, 0.5) is 0 Å². The molecule has 5 heteroatoms. The average Bonchev–Trinajstić information content (AvgIpc) is 2.18. The molecule has 0 aliphatic rings. The van der Waals surface area contributed by atoms with Crippen LogP contribution in [0, 0.1) is 10.1 Å². The van der Waals surface area contributed by atoms with Crippen molar-refractivity contribution in [3.63, 3.8) is 0 Å². The highest BCUT2D eigenvalue weighted by Crippen LogP contribution is 1.97. The molecule has 0 aliphatic heterocycles. The summed E-state index contributed by atoms with van der Waals surface area (Å²) in [5.41, 5.74) is 1.10. The van der Waals surface area contributed by atoms with Crippen LogP contribution in [0.3, 0.4) is 0 Å². The largest absolute Gasteiger partial charge is 0.350 e. The van der Waals surface area contributed by atoms with Crippen molar-refractivity contribution in [3.05, 3.63) is 46.0 Å². The van der Waals surface area contributed by atoms with Gasteiger partial charge in [-0.25, -0.2) is 0 Å². The Hall–Kier alpha value is -1.91. The summed E-state index contributed by atoms with van der Waals surface area (Å²) in [7, 11) is 0. The van der Waals surface area contributed by atoms with Crippen molar-refractivity contribution in [3.8, 4) is 0 Å². The fourth-order valence-corrected chi connectivity index (χ4v) is 1.16. The molecule has 1 rings (SSSR count). The molecule has 0 aromatic heterocycles. The summed E-state index contributed by atoms with van der Waals surface area (Å²) < 4.78 is 0. The molecule has 1 amide bonds. The smallest absolute Gasteiger partial charge is 0.291 e. The minimum atomic E-state index is -0.658. The molecule has 0 saturated carbocycles. The van der Waals surface area contributed by atoms with Gasteiger partial charge in [0.1, 0.15) is 0 Å². The number of hydrogen-bond donors (Lipinski definition) is 1. The second kappa shape index (κ2) is 5.74. The van der Waals surface area contributed by atoms with Gasteiger partial charge in [0, 0.05) is 11.5 Å². The molecule has 0 unspecified atom stereocenters. The van der Waals surface area contributed by atoms with Crippen LogP contribution in [0.5, 0.6) is 0 Å². The maximum atomic E-state index is 10.9. The normalized spacial score (nSPS) is 9.60. The third-order valence-corrected chi connectivity index (χ3v) is 1.85. The van der Waals surface area contributed by atoms with Crippen LogP contribution in [-0.4, -0.2) is 23.9 Å². The lowest BCUT2D eigenvalue weighted by atomic mass is 10.1. The first-order valence-electron chi connectivity index (χ1n) is 4.61. The predicted octanol–water partition coefficient (Wildman–Crippen LogP) is 0.622. The lowest BCUT2D eigenvalue weighted by Crippen LogP contribution is -2.31. The van der Waals surface area contributed by atoms with Crippen LogP contribution >= 0.6 is 0 Å². The number of amides is 1. The second-order valence-corrected chi connectivity index (χ2v) is 3.08. The monoisotopic (exact) mass is 208 g/mol. The number of rotatable bonds is 5. The Kier molecular flexibility index (Phi) is 4.28. The van der Waals surface area contributed by atoms with Gasteiger partial charge in [-0.3, -0.25) is 14.9 Å². The van der Waals surface area contributed by atoms with Gasteiger partial charge in [-0.1, -0.05) is 30.3 Å². The molecule has 0 aliphatic carbocycles. The zero-order chi connectivity index (χ0) is 11.1. The minimum Gasteiger partial charge on any atom is -0.350 e. The molecule has 15 heavy (non-hydrogen) atoms. The van der Waals surface area contributed by atoms with Crippen molar-refractivity contribution in [2.45, 2.75) is 6.42 Å². The van der Waals surface area contributed by atoms with Gasteiger partial charge in [0.25, 0.3) is 12.5 Å². The summed E-state index contributed by atoms with van der Waals surface area (Å²) in [6.45, 7) is -0.231. The second-order valence-electron chi connectivity index (χ2n) is 3.08. The fraction of sp³-hybridized carbons (Fsp3) is 0.300. The standard InChI is InChI=1S/C10H12N2O3/c13-10(8-12(14)15)11-7-6-9-4-2-1-3-5-9/h1-5H,6-8H2,(H,11,13). The molecule has 0 spiro atoms. The van der Waals surface area contributed by atoms with E-state index in [1.54, 1.807) is 0 Å². The van der Waals surface area contributed by atoms with Gasteiger partial charge < -0.3 is 5.32 Å². The molecule has 80 valence electrons. The highest BCUT2D eigenvalue weighted by molar-refractivity contribution is 5.76. The summed E-state index contributed by atoms with van der Waals surface area (Å²) in [5.74, 6) is -0.545. The molecule has 1 aromatic carbocycles. The summed E-state index contributed by atoms with van der Waals surface area (Å²) in [5, 5.41) is 12.5. The number of carbonyl (C=O) groups is 1. The fourth-order valence-electron chi connectivity index (χ4n) is 1.16. The van der Waals surface area contributed by atoms with Crippen molar-refractivity contribution in [2.24, 2.45) is 0 Å². The average molecular weight is 208 g/mol. The van der Waals surface area contributed by atoms with Crippen molar-refractivity contribution in [1.29, 1.82) is 0 Å². The SMILES string of the molecule is O=C(C[N+](=O)[O-])NCCc1ccccc1. The Labute approximate surface area is 87.3 Å². The maximum absolute atomic E-state index is 10.9. The Bertz CT molecular complexity index is 338. The van der Waals surface area contributed by atoms with E-state index in [1.165, 1.54) is 0 Å². The molecule has 1 N–H and O–H groups in total. The van der Waals surface area contributed by atoms with Gasteiger partial charge in [0.05, 0.1) is 0 Å². The van der Waals surface area contributed by atoms with Crippen molar-refractivity contribution in [1.82, 2.24) is 5.32 Å². The zero-order valence-electron chi connectivity index (χ0n) is 8.18. The number of benzene rings is 1. The predicted molar refractivity (Wildman–Crippen MR) is 55.0 cm³/mol. The van der Waals surface area contributed by atoms with E-state index in [1.807, 2.05) is 30.3 Å². The molecule has 0 heterocycles. The number of hydrogen-bond acceptors (Lipinski definition) is 3. The summed E-state index contributed by atoms with van der Waals surface area (Å²) in [4.78, 5) is 20.2. The maximum Gasteiger partial charge on any atom is 0.291 e. The Morgan fingerprint density at radius 2 is 2.00 bits per heavy atom. The van der Waals surface area contributed by atoms with Crippen molar-refractivity contribution in [2.75, 3.05) is 13.1 Å². The molecule has 1 aromatic rings. The first kappa shape index (κ1) is 11.2. The Morgan fingerprint density at radius 1 is 1.33 bits per heavy atom. The zero-order valence-corrected chi connectivity index (χ0v) is 8.18. The summed E-state index contributed by atoms with van der Waals surface area (Å²) in [6.07, 6.45) is 0.685. The van der Waals surface area contributed by atoms with Gasteiger partial charge in [0.15, 0.2) is 0 Å². The number of nitrogens with zero attached hydrogens (tertiary/aromatic N) is 1.